The van der Waals surface area contributed by atoms with Crippen molar-refractivity contribution in [1.82, 2.24) is 4.90 Å². The van der Waals surface area contributed by atoms with Crippen molar-refractivity contribution in [2.75, 3.05) is 19.6 Å². The van der Waals surface area contributed by atoms with Gasteiger partial charge in [-0.2, -0.15) is 13.2 Å². The van der Waals surface area contributed by atoms with Crippen molar-refractivity contribution in [2.24, 2.45) is 11.3 Å². The van der Waals surface area contributed by atoms with Crippen LogP contribution in [0.4, 0.5) is 13.2 Å². The summed E-state index contributed by atoms with van der Waals surface area (Å²) in [5.74, 6) is -2.08. The number of carboxylic acids is 1. The van der Waals surface area contributed by atoms with Gasteiger partial charge in [0.25, 0.3) is 0 Å². The van der Waals surface area contributed by atoms with Crippen LogP contribution < -0.4 is 0 Å². The third-order valence-corrected chi connectivity index (χ3v) is 4.38. The van der Waals surface area contributed by atoms with Crippen molar-refractivity contribution >= 4 is 5.97 Å². The van der Waals surface area contributed by atoms with Gasteiger partial charge >= 0.3 is 12.1 Å². The van der Waals surface area contributed by atoms with E-state index in [0.717, 1.165) is 0 Å². The molecule has 1 fully saturated rings. The largest absolute Gasteiger partial charge is 0.481 e. The molecule has 0 amide bonds. The first-order valence-corrected chi connectivity index (χ1v) is 6.77. The molecule has 1 heterocycles. The first-order valence-electron chi connectivity index (χ1n) is 6.77. The summed E-state index contributed by atoms with van der Waals surface area (Å²) < 4.78 is 37.7. The van der Waals surface area contributed by atoms with Gasteiger partial charge in [-0.3, -0.25) is 4.79 Å². The van der Waals surface area contributed by atoms with E-state index in [1.54, 1.807) is 0 Å². The third kappa shape index (κ3) is 3.84. The molecule has 0 bridgehead atoms. The summed E-state index contributed by atoms with van der Waals surface area (Å²) in [6, 6.07) is 0. The number of hydrogen-bond donors (Lipinski definition) is 1. The summed E-state index contributed by atoms with van der Waals surface area (Å²) in [4.78, 5) is 13.2. The summed E-state index contributed by atoms with van der Waals surface area (Å²) in [6.45, 7) is 4.65. The molecule has 0 aliphatic carbocycles. The van der Waals surface area contributed by atoms with Crippen molar-refractivity contribution < 1.29 is 23.1 Å². The Morgan fingerprint density at radius 3 is 2.00 bits per heavy atom. The number of hydrogen-bond acceptors (Lipinski definition) is 2. The zero-order valence-electron chi connectivity index (χ0n) is 11.5. The standard InChI is InChI=1S/C13H22F3NO2/c1-3-12(4-2,11(18)19)9-17-7-5-10(6-8-17)13(14,15)16/h10H,3-9H2,1-2H3,(H,18,19). The molecule has 1 saturated heterocycles. The Labute approximate surface area is 111 Å². The molecule has 19 heavy (non-hydrogen) atoms. The highest BCUT2D eigenvalue weighted by Gasteiger charge is 2.43. The average molecular weight is 281 g/mol. The van der Waals surface area contributed by atoms with Crippen LogP contribution in [-0.2, 0) is 4.79 Å². The van der Waals surface area contributed by atoms with E-state index in [0.29, 0.717) is 32.5 Å². The predicted molar refractivity (Wildman–Crippen MR) is 65.9 cm³/mol. The van der Waals surface area contributed by atoms with Crippen molar-refractivity contribution in [3.8, 4) is 0 Å². The van der Waals surface area contributed by atoms with Crippen LogP contribution in [0.1, 0.15) is 39.5 Å². The second-order valence-corrected chi connectivity index (χ2v) is 5.38. The fraction of sp³-hybridized carbons (Fsp3) is 0.923. The Bertz CT molecular complexity index is 306. The SMILES string of the molecule is CCC(CC)(CN1CCC(C(F)(F)F)CC1)C(=O)O. The second-order valence-electron chi connectivity index (χ2n) is 5.38. The van der Waals surface area contributed by atoms with Crippen LogP contribution >= 0.6 is 0 Å². The van der Waals surface area contributed by atoms with E-state index >= 15 is 0 Å². The minimum absolute atomic E-state index is 0.0760. The number of likely N-dealkylation sites (tertiary alicyclic amines) is 1. The number of aliphatic carboxylic acids is 1. The van der Waals surface area contributed by atoms with Gasteiger partial charge in [-0.05, 0) is 38.8 Å². The van der Waals surface area contributed by atoms with Crippen molar-refractivity contribution in [1.29, 1.82) is 0 Å². The van der Waals surface area contributed by atoms with Crippen molar-refractivity contribution in [2.45, 2.75) is 45.7 Å². The second kappa shape index (κ2) is 6.11. The zero-order chi connectivity index (χ0) is 14.7. The van der Waals surface area contributed by atoms with Gasteiger partial charge in [-0.1, -0.05) is 13.8 Å². The number of rotatable bonds is 5. The minimum Gasteiger partial charge on any atom is -0.481 e. The molecule has 1 N–H and O–H groups in total. The van der Waals surface area contributed by atoms with Crippen LogP contribution in [0.3, 0.4) is 0 Å². The lowest BCUT2D eigenvalue weighted by atomic mass is 9.81. The highest BCUT2D eigenvalue weighted by molar-refractivity contribution is 5.74. The van der Waals surface area contributed by atoms with Crippen LogP contribution in [0.2, 0.25) is 0 Å². The molecule has 0 aromatic heterocycles. The highest BCUT2D eigenvalue weighted by atomic mass is 19.4. The van der Waals surface area contributed by atoms with Gasteiger partial charge in [0.1, 0.15) is 0 Å². The van der Waals surface area contributed by atoms with E-state index in [-0.39, 0.29) is 12.8 Å². The predicted octanol–water partition coefficient (Wildman–Crippen LogP) is 3.15. The first-order chi connectivity index (χ1) is 8.75. The van der Waals surface area contributed by atoms with Crippen LogP contribution in [0.15, 0.2) is 0 Å². The fourth-order valence-corrected chi connectivity index (χ4v) is 2.69. The Hall–Kier alpha value is -0.780. The van der Waals surface area contributed by atoms with Gasteiger partial charge in [0.2, 0.25) is 0 Å². The molecule has 0 spiro atoms. The summed E-state index contributed by atoms with van der Waals surface area (Å²) in [6.07, 6.45) is -2.97. The molecule has 1 rings (SSSR count). The quantitative estimate of drug-likeness (QED) is 0.841. The van der Waals surface area contributed by atoms with Gasteiger partial charge in [0, 0.05) is 6.54 Å². The molecule has 1 aliphatic rings. The van der Waals surface area contributed by atoms with Crippen LogP contribution in [-0.4, -0.2) is 41.8 Å². The van der Waals surface area contributed by atoms with Gasteiger partial charge < -0.3 is 10.0 Å². The highest BCUT2D eigenvalue weighted by Crippen LogP contribution is 2.36. The maximum absolute atomic E-state index is 12.6. The zero-order valence-corrected chi connectivity index (χ0v) is 11.5. The van der Waals surface area contributed by atoms with Gasteiger partial charge in [0.15, 0.2) is 0 Å². The number of piperidine rings is 1. The molecule has 6 heteroatoms. The van der Waals surface area contributed by atoms with E-state index in [1.807, 2.05) is 18.7 Å². The lowest BCUT2D eigenvalue weighted by Crippen LogP contribution is -2.47. The van der Waals surface area contributed by atoms with Crippen LogP contribution in [0.25, 0.3) is 0 Å². The smallest absolute Gasteiger partial charge is 0.391 e. The lowest BCUT2D eigenvalue weighted by Gasteiger charge is -2.38. The Balaban J connectivity index is 2.59. The number of carbonyl (C=O) groups is 1. The van der Waals surface area contributed by atoms with Crippen LogP contribution in [0.5, 0.6) is 0 Å². The normalized spacial score (nSPS) is 19.6. The van der Waals surface area contributed by atoms with E-state index in [2.05, 4.69) is 0 Å². The molecule has 0 unspecified atom stereocenters. The van der Waals surface area contributed by atoms with E-state index < -0.39 is 23.5 Å². The number of halogens is 3. The van der Waals surface area contributed by atoms with E-state index in [9.17, 15) is 23.1 Å². The number of carboxylic acid groups (broad SMARTS) is 1. The van der Waals surface area contributed by atoms with Crippen molar-refractivity contribution in [3.63, 3.8) is 0 Å². The minimum atomic E-state index is -4.12. The van der Waals surface area contributed by atoms with Gasteiger partial charge in [-0.15, -0.1) is 0 Å². The van der Waals surface area contributed by atoms with Gasteiger partial charge in [-0.25, -0.2) is 0 Å². The molecule has 0 radical (unpaired) electrons. The molecule has 0 atom stereocenters. The third-order valence-electron chi connectivity index (χ3n) is 4.38. The van der Waals surface area contributed by atoms with Crippen LogP contribution in [0, 0.1) is 11.3 Å². The lowest BCUT2D eigenvalue weighted by molar-refractivity contribution is -0.186. The summed E-state index contributed by atoms with van der Waals surface area (Å²) in [7, 11) is 0. The average Bonchev–Trinajstić information content (AvgIpc) is 2.35. The van der Waals surface area contributed by atoms with Crippen molar-refractivity contribution in [3.05, 3.63) is 0 Å². The maximum atomic E-state index is 12.6. The molecule has 3 nitrogen and oxygen atoms in total. The number of nitrogens with zero attached hydrogens (tertiary/aromatic N) is 1. The molecular formula is C13H22F3NO2. The number of alkyl halides is 3. The Morgan fingerprint density at radius 1 is 1.21 bits per heavy atom. The molecular weight excluding hydrogens is 259 g/mol. The molecule has 0 aromatic carbocycles. The first kappa shape index (κ1) is 16.3. The Morgan fingerprint density at radius 2 is 1.68 bits per heavy atom. The maximum Gasteiger partial charge on any atom is 0.391 e. The summed E-state index contributed by atoms with van der Waals surface area (Å²) in [5, 5.41) is 9.33. The summed E-state index contributed by atoms with van der Waals surface area (Å²) in [5.41, 5.74) is -0.828. The van der Waals surface area contributed by atoms with E-state index in [1.165, 1.54) is 0 Å². The fourth-order valence-electron chi connectivity index (χ4n) is 2.69. The molecule has 1 aliphatic heterocycles. The molecule has 0 aromatic rings. The van der Waals surface area contributed by atoms with E-state index in [4.69, 9.17) is 0 Å². The topological polar surface area (TPSA) is 40.5 Å². The monoisotopic (exact) mass is 281 g/mol. The Kier molecular flexibility index (Phi) is 5.24. The van der Waals surface area contributed by atoms with Gasteiger partial charge in [0.05, 0.1) is 11.3 Å². The molecule has 0 saturated carbocycles. The molecule has 112 valence electrons. The summed E-state index contributed by atoms with van der Waals surface area (Å²) >= 11 is 0.